The summed E-state index contributed by atoms with van der Waals surface area (Å²) in [6.45, 7) is 6.06. The normalized spacial score (nSPS) is 15.3. The lowest BCUT2D eigenvalue weighted by Gasteiger charge is -2.26. The Balaban J connectivity index is 1.19. The highest BCUT2D eigenvalue weighted by atomic mass is 32.2. The van der Waals surface area contributed by atoms with Gasteiger partial charge in [0.15, 0.2) is 0 Å². The summed E-state index contributed by atoms with van der Waals surface area (Å²) < 4.78 is 0. The third-order valence-electron chi connectivity index (χ3n) is 5.86. The minimum absolute atomic E-state index is 0.0157. The van der Waals surface area contributed by atoms with Gasteiger partial charge >= 0.3 is 0 Å². The average molecular weight is 432 g/mol. The summed E-state index contributed by atoms with van der Waals surface area (Å²) in [6.07, 6.45) is 1.15. The minimum Gasteiger partial charge on any atom is -0.351 e. The van der Waals surface area contributed by atoms with Crippen molar-refractivity contribution >= 4 is 17.7 Å². The maximum absolute atomic E-state index is 12.4. The lowest BCUT2D eigenvalue weighted by molar-refractivity contribution is -0.929. The fraction of sp³-hybridized carbons (Fsp3) is 0.296. The molecule has 0 bridgehead atoms. The third kappa shape index (κ3) is 6.22. The number of hydrogen-bond acceptors (Lipinski definition) is 2. The van der Waals surface area contributed by atoms with Crippen LogP contribution in [-0.4, -0.2) is 24.7 Å². The molecule has 3 nitrogen and oxygen atoms in total. The number of hydrogen-bond donors (Lipinski definition) is 2. The second-order valence-corrected chi connectivity index (χ2v) is 9.47. The topological polar surface area (TPSA) is 33.5 Å². The van der Waals surface area contributed by atoms with Crippen LogP contribution in [0.15, 0.2) is 72.8 Å². The summed E-state index contributed by atoms with van der Waals surface area (Å²) in [7, 11) is 0. The van der Waals surface area contributed by atoms with Gasteiger partial charge in [0.1, 0.15) is 13.1 Å². The molecular formula is C27H31N2OS+. The molecule has 4 heteroatoms. The van der Waals surface area contributed by atoms with Crippen LogP contribution < -0.4 is 10.2 Å². The number of rotatable bonds is 8. The van der Waals surface area contributed by atoms with Crippen molar-refractivity contribution < 1.29 is 9.69 Å². The standard InChI is InChI=1S/C27H30N2OS/c1-21-5-4-6-23(17-21)20-31-16-14-28-27(30)25-11-9-22(10-12-25)18-29-15-13-24-7-2-3-8-26(24)19-29/h2-12,17H,13-16,18-20H2,1H3,(H,28,30)/p+1. The Hall–Kier alpha value is -2.56. The van der Waals surface area contributed by atoms with E-state index in [0.717, 1.165) is 36.6 Å². The molecule has 3 aromatic rings. The van der Waals surface area contributed by atoms with Crippen LogP contribution in [-0.2, 0) is 25.3 Å². The predicted octanol–water partition coefficient (Wildman–Crippen LogP) is 3.80. The highest BCUT2D eigenvalue weighted by Gasteiger charge is 2.19. The van der Waals surface area contributed by atoms with Crippen molar-refractivity contribution in [1.82, 2.24) is 5.32 Å². The summed E-state index contributed by atoms with van der Waals surface area (Å²) in [4.78, 5) is 14.0. The quantitative estimate of drug-likeness (QED) is 0.532. The molecule has 0 aliphatic carbocycles. The molecule has 0 fully saturated rings. The van der Waals surface area contributed by atoms with Gasteiger partial charge in [0.2, 0.25) is 0 Å². The Kier molecular flexibility index (Phi) is 7.44. The summed E-state index contributed by atoms with van der Waals surface area (Å²) in [5, 5.41) is 3.04. The molecule has 3 aromatic carbocycles. The van der Waals surface area contributed by atoms with Gasteiger partial charge in [0, 0.05) is 41.2 Å². The Morgan fingerprint density at radius 2 is 1.77 bits per heavy atom. The maximum atomic E-state index is 12.4. The van der Waals surface area contributed by atoms with Gasteiger partial charge in [-0.3, -0.25) is 4.79 Å². The van der Waals surface area contributed by atoms with E-state index in [-0.39, 0.29) is 5.91 Å². The number of benzene rings is 3. The Labute approximate surface area is 189 Å². The molecule has 0 saturated heterocycles. The molecule has 0 saturated carbocycles. The first-order valence-electron chi connectivity index (χ1n) is 11.1. The van der Waals surface area contributed by atoms with Crippen LogP contribution >= 0.6 is 11.8 Å². The molecular weight excluding hydrogens is 400 g/mol. The van der Waals surface area contributed by atoms with Crippen molar-refractivity contribution in [2.24, 2.45) is 0 Å². The summed E-state index contributed by atoms with van der Waals surface area (Å²) >= 11 is 1.85. The molecule has 1 heterocycles. The molecule has 0 aromatic heterocycles. The Morgan fingerprint density at radius 1 is 0.968 bits per heavy atom. The van der Waals surface area contributed by atoms with Gasteiger partial charge in [-0.05, 0) is 30.2 Å². The molecule has 1 atom stereocenters. The van der Waals surface area contributed by atoms with Crippen molar-refractivity contribution in [1.29, 1.82) is 0 Å². The monoisotopic (exact) mass is 431 g/mol. The summed E-state index contributed by atoms with van der Waals surface area (Å²) in [6, 6.07) is 25.5. The second-order valence-electron chi connectivity index (χ2n) is 8.37. The fourth-order valence-electron chi connectivity index (χ4n) is 4.19. The van der Waals surface area contributed by atoms with E-state index in [1.54, 1.807) is 4.90 Å². The maximum Gasteiger partial charge on any atom is 0.251 e. The van der Waals surface area contributed by atoms with Crippen LogP contribution in [0.3, 0.4) is 0 Å². The molecule has 160 valence electrons. The first-order chi connectivity index (χ1) is 15.2. The largest absolute Gasteiger partial charge is 0.351 e. The van der Waals surface area contributed by atoms with E-state index in [1.165, 1.54) is 34.4 Å². The Morgan fingerprint density at radius 3 is 2.58 bits per heavy atom. The smallest absolute Gasteiger partial charge is 0.251 e. The average Bonchev–Trinajstić information content (AvgIpc) is 2.79. The second kappa shape index (κ2) is 10.7. The van der Waals surface area contributed by atoms with Crippen LogP contribution in [0.1, 0.15) is 38.2 Å². The van der Waals surface area contributed by atoms with E-state index in [2.05, 4.69) is 72.9 Å². The van der Waals surface area contributed by atoms with Gasteiger partial charge in [0.25, 0.3) is 5.91 Å². The van der Waals surface area contributed by atoms with E-state index < -0.39 is 0 Å². The number of carbonyl (C=O) groups excluding carboxylic acids is 1. The van der Waals surface area contributed by atoms with Gasteiger partial charge in [0.05, 0.1) is 6.54 Å². The number of amides is 1. The van der Waals surface area contributed by atoms with Gasteiger partial charge in [-0.2, -0.15) is 11.8 Å². The SMILES string of the molecule is Cc1cccc(CSCCNC(=O)c2ccc(C[NH+]3CCc4ccccc4C3)cc2)c1. The lowest BCUT2D eigenvalue weighted by Crippen LogP contribution is -3.10. The zero-order valence-electron chi connectivity index (χ0n) is 18.2. The molecule has 1 aliphatic rings. The number of nitrogens with one attached hydrogen (secondary N) is 2. The number of thioether (sulfide) groups is 1. The first-order valence-corrected chi connectivity index (χ1v) is 12.2. The van der Waals surface area contributed by atoms with Gasteiger partial charge in [-0.25, -0.2) is 0 Å². The minimum atomic E-state index is 0.0157. The molecule has 0 radical (unpaired) electrons. The number of carbonyl (C=O) groups is 1. The molecule has 1 amide bonds. The third-order valence-corrected chi connectivity index (χ3v) is 6.89. The van der Waals surface area contributed by atoms with Crippen molar-refractivity contribution in [3.63, 3.8) is 0 Å². The van der Waals surface area contributed by atoms with Crippen LogP contribution in [0.5, 0.6) is 0 Å². The molecule has 0 spiro atoms. The zero-order chi connectivity index (χ0) is 21.5. The van der Waals surface area contributed by atoms with Crippen molar-refractivity contribution in [2.45, 2.75) is 32.2 Å². The van der Waals surface area contributed by atoms with Crippen molar-refractivity contribution in [3.05, 3.63) is 106 Å². The predicted molar refractivity (Wildman–Crippen MR) is 129 cm³/mol. The van der Waals surface area contributed by atoms with Crippen LogP contribution in [0.4, 0.5) is 0 Å². The molecule has 4 rings (SSSR count). The van der Waals surface area contributed by atoms with Gasteiger partial charge < -0.3 is 10.2 Å². The molecule has 31 heavy (non-hydrogen) atoms. The van der Waals surface area contributed by atoms with E-state index in [9.17, 15) is 4.79 Å². The highest BCUT2D eigenvalue weighted by molar-refractivity contribution is 7.98. The van der Waals surface area contributed by atoms with Crippen LogP contribution in [0, 0.1) is 6.92 Å². The van der Waals surface area contributed by atoms with Crippen molar-refractivity contribution in [2.75, 3.05) is 18.8 Å². The zero-order valence-corrected chi connectivity index (χ0v) is 19.0. The van der Waals surface area contributed by atoms with Gasteiger partial charge in [-0.1, -0.05) is 66.2 Å². The number of fused-ring (bicyclic) bond motifs is 1. The summed E-state index contributed by atoms with van der Waals surface area (Å²) in [5.41, 5.74) is 7.63. The van der Waals surface area contributed by atoms with E-state index in [4.69, 9.17) is 0 Å². The first kappa shape index (κ1) is 21.7. The van der Waals surface area contributed by atoms with Gasteiger partial charge in [-0.15, -0.1) is 0 Å². The lowest BCUT2D eigenvalue weighted by atomic mass is 9.99. The number of quaternary nitrogens is 1. The fourth-order valence-corrected chi connectivity index (χ4v) is 4.99. The number of aryl methyl sites for hydroxylation is 1. The van der Waals surface area contributed by atoms with E-state index in [1.807, 2.05) is 23.9 Å². The molecule has 2 N–H and O–H groups in total. The van der Waals surface area contributed by atoms with Crippen LogP contribution in [0.2, 0.25) is 0 Å². The van der Waals surface area contributed by atoms with Crippen molar-refractivity contribution in [3.8, 4) is 0 Å². The summed E-state index contributed by atoms with van der Waals surface area (Å²) in [5.74, 6) is 1.91. The Bertz CT molecular complexity index is 1020. The van der Waals surface area contributed by atoms with E-state index >= 15 is 0 Å². The molecule has 1 unspecified atom stereocenters. The van der Waals surface area contributed by atoms with E-state index in [0.29, 0.717) is 6.54 Å². The molecule has 1 aliphatic heterocycles. The van der Waals surface area contributed by atoms with Crippen LogP contribution in [0.25, 0.3) is 0 Å². The highest BCUT2D eigenvalue weighted by Crippen LogP contribution is 2.13.